The van der Waals surface area contributed by atoms with Gasteiger partial charge >= 0.3 is 0 Å². The van der Waals surface area contributed by atoms with Crippen LogP contribution in [0.3, 0.4) is 0 Å². The Labute approximate surface area is 124 Å². The third-order valence-corrected chi connectivity index (χ3v) is 3.67. The summed E-state index contributed by atoms with van der Waals surface area (Å²) in [5, 5.41) is 1.06. The van der Waals surface area contributed by atoms with Gasteiger partial charge in [0.05, 0.1) is 18.4 Å². The molecule has 20 heavy (non-hydrogen) atoms. The zero-order chi connectivity index (χ0) is 14.1. The van der Waals surface area contributed by atoms with Crippen molar-refractivity contribution in [2.45, 2.75) is 13.5 Å². The van der Waals surface area contributed by atoms with Gasteiger partial charge in [0.25, 0.3) is 5.56 Å². The fraction of sp³-hybridized carbons (Fsp3) is 0.133. The summed E-state index contributed by atoms with van der Waals surface area (Å²) in [5.41, 5.74) is 2.86. The second-order valence-electron chi connectivity index (χ2n) is 4.61. The van der Waals surface area contributed by atoms with Crippen molar-refractivity contribution < 1.29 is 0 Å². The lowest BCUT2D eigenvalue weighted by molar-refractivity contribution is 0.733. The maximum Gasteiger partial charge on any atom is 0.267 e. The van der Waals surface area contributed by atoms with Crippen molar-refractivity contribution in [1.82, 2.24) is 14.5 Å². The Hall–Kier alpha value is -2.01. The van der Waals surface area contributed by atoms with E-state index in [0.29, 0.717) is 11.0 Å². The first-order valence-electron chi connectivity index (χ1n) is 6.20. The van der Waals surface area contributed by atoms with Gasteiger partial charge in [-0.15, -0.1) is 0 Å². The van der Waals surface area contributed by atoms with E-state index in [1.54, 1.807) is 10.9 Å². The van der Waals surface area contributed by atoms with Gasteiger partial charge in [0.15, 0.2) is 0 Å². The first kappa shape index (κ1) is 13.0. The second-order valence-corrected chi connectivity index (χ2v) is 5.47. The highest BCUT2D eigenvalue weighted by Gasteiger charge is 2.07. The minimum absolute atomic E-state index is 0.0847. The van der Waals surface area contributed by atoms with E-state index in [-0.39, 0.29) is 5.56 Å². The number of pyridine rings is 1. The van der Waals surface area contributed by atoms with E-state index in [0.717, 1.165) is 22.2 Å². The molecule has 100 valence electrons. The van der Waals surface area contributed by atoms with Crippen molar-refractivity contribution in [3.63, 3.8) is 0 Å². The SMILES string of the molecule is Cc1cc(Cn2cncc(Br)c2=O)c2ccccc2n1. The molecule has 0 N–H and O–H groups in total. The molecule has 0 saturated heterocycles. The topological polar surface area (TPSA) is 47.8 Å². The van der Waals surface area contributed by atoms with Gasteiger partial charge < -0.3 is 0 Å². The third-order valence-electron chi connectivity index (χ3n) is 3.13. The van der Waals surface area contributed by atoms with Crippen molar-refractivity contribution in [2.75, 3.05) is 0 Å². The molecule has 2 heterocycles. The van der Waals surface area contributed by atoms with Crippen LogP contribution in [0.25, 0.3) is 10.9 Å². The maximum absolute atomic E-state index is 12.1. The monoisotopic (exact) mass is 329 g/mol. The molecule has 3 aromatic rings. The summed E-state index contributed by atoms with van der Waals surface area (Å²) in [6.45, 7) is 2.44. The molecule has 0 fully saturated rings. The van der Waals surface area contributed by atoms with E-state index < -0.39 is 0 Å². The number of hydrogen-bond donors (Lipinski definition) is 0. The first-order chi connectivity index (χ1) is 9.65. The van der Waals surface area contributed by atoms with Crippen LogP contribution in [0.1, 0.15) is 11.3 Å². The number of benzene rings is 1. The summed E-state index contributed by atoms with van der Waals surface area (Å²) in [5.74, 6) is 0. The normalized spacial score (nSPS) is 10.9. The van der Waals surface area contributed by atoms with Crippen molar-refractivity contribution in [1.29, 1.82) is 0 Å². The summed E-state index contributed by atoms with van der Waals surface area (Å²) in [7, 11) is 0. The van der Waals surface area contributed by atoms with Crippen LogP contribution in [0.15, 0.2) is 52.1 Å². The standard InChI is InChI=1S/C15H12BrN3O/c1-10-6-11(12-4-2-3-5-14(12)18-10)8-19-9-17-7-13(16)15(19)20/h2-7,9H,8H2,1H3. The molecule has 0 unspecified atom stereocenters. The van der Waals surface area contributed by atoms with Gasteiger partial charge in [0.2, 0.25) is 0 Å². The Morgan fingerprint density at radius 2 is 2.10 bits per heavy atom. The highest BCUT2D eigenvalue weighted by Crippen LogP contribution is 2.18. The number of halogens is 1. The Morgan fingerprint density at radius 3 is 2.95 bits per heavy atom. The number of aromatic nitrogens is 3. The molecule has 4 nitrogen and oxygen atoms in total. The molecule has 0 aliphatic rings. The van der Waals surface area contributed by atoms with Crippen LogP contribution in [0.4, 0.5) is 0 Å². The molecular weight excluding hydrogens is 318 g/mol. The summed E-state index contributed by atoms with van der Waals surface area (Å²) in [6, 6.07) is 9.95. The predicted octanol–water partition coefficient (Wildman–Crippen LogP) is 2.91. The van der Waals surface area contributed by atoms with E-state index in [9.17, 15) is 4.79 Å². The van der Waals surface area contributed by atoms with Crippen molar-refractivity contribution in [2.24, 2.45) is 0 Å². The molecule has 0 spiro atoms. The lowest BCUT2D eigenvalue weighted by atomic mass is 10.1. The molecule has 0 amide bonds. The fourth-order valence-electron chi connectivity index (χ4n) is 2.25. The second kappa shape index (κ2) is 5.17. The van der Waals surface area contributed by atoms with Gasteiger partial charge in [-0.2, -0.15) is 0 Å². The van der Waals surface area contributed by atoms with Gasteiger partial charge in [-0.3, -0.25) is 14.3 Å². The van der Waals surface area contributed by atoms with Gasteiger partial charge in [-0.05, 0) is 40.5 Å². The van der Waals surface area contributed by atoms with Crippen LogP contribution in [0.5, 0.6) is 0 Å². The van der Waals surface area contributed by atoms with E-state index in [1.165, 1.54) is 6.20 Å². The lowest BCUT2D eigenvalue weighted by Crippen LogP contribution is -2.21. The van der Waals surface area contributed by atoms with Gasteiger partial charge in [-0.25, -0.2) is 4.98 Å². The van der Waals surface area contributed by atoms with E-state index in [2.05, 4.69) is 25.9 Å². The Bertz CT molecular complexity index is 842. The molecule has 0 aliphatic carbocycles. The Balaban J connectivity index is 2.15. The highest BCUT2D eigenvalue weighted by atomic mass is 79.9. The van der Waals surface area contributed by atoms with E-state index in [1.807, 2.05) is 37.3 Å². The van der Waals surface area contributed by atoms with Gasteiger partial charge in [0.1, 0.15) is 4.47 Å². The maximum atomic E-state index is 12.1. The van der Waals surface area contributed by atoms with Crippen molar-refractivity contribution in [3.05, 3.63) is 68.9 Å². The molecule has 0 saturated carbocycles. The molecule has 0 atom stereocenters. The highest BCUT2D eigenvalue weighted by molar-refractivity contribution is 9.10. The smallest absolute Gasteiger partial charge is 0.267 e. The van der Waals surface area contributed by atoms with Gasteiger partial charge in [-0.1, -0.05) is 18.2 Å². The third kappa shape index (κ3) is 2.36. The average molecular weight is 330 g/mol. The molecule has 3 rings (SSSR count). The lowest BCUT2D eigenvalue weighted by Gasteiger charge is -2.09. The summed E-state index contributed by atoms with van der Waals surface area (Å²) < 4.78 is 2.06. The van der Waals surface area contributed by atoms with Crippen LogP contribution < -0.4 is 5.56 Å². The average Bonchev–Trinajstić information content (AvgIpc) is 2.43. The van der Waals surface area contributed by atoms with E-state index >= 15 is 0 Å². The van der Waals surface area contributed by atoms with Crippen LogP contribution in [0.2, 0.25) is 0 Å². The molecular formula is C15H12BrN3O. The fourth-order valence-corrected chi connectivity index (χ4v) is 2.59. The Morgan fingerprint density at radius 1 is 1.30 bits per heavy atom. The van der Waals surface area contributed by atoms with Crippen molar-refractivity contribution in [3.8, 4) is 0 Å². The number of hydrogen-bond acceptors (Lipinski definition) is 3. The predicted molar refractivity (Wildman–Crippen MR) is 81.8 cm³/mol. The minimum Gasteiger partial charge on any atom is -0.294 e. The van der Waals surface area contributed by atoms with Crippen LogP contribution in [-0.2, 0) is 6.54 Å². The van der Waals surface area contributed by atoms with Crippen LogP contribution >= 0.6 is 15.9 Å². The molecule has 2 aromatic heterocycles. The number of aryl methyl sites for hydroxylation is 1. The number of nitrogens with zero attached hydrogens (tertiary/aromatic N) is 3. The first-order valence-corrected chi connectivity index (χ1v) is 6.99. The zero-order valence-electron chi connectivity index (χ0n) is 10.9. The number of fused-ring (bicyclic) bond motifs is 1. The minimum atomic E-state index is -0.0847. The van der Waals surface area contributed by atoms with Crippen LogP contribution in [0, 0.1) is 6.92 Å². The zero-order valence-corrected chi connectivity index (χ0v) is 12.5. The largest absolute Gasteiger partial charge is 0.294 e. The molecule has 5 heteroatoms. The quantitative estimate of drug-likeness (QED) is 0.726. The molecule has 1 aromatic carbocycles. The van der Waals surface area contributed by atoms with E-state index in [4.69, 9.17) is 0 Å². The number of rotatable bonds is 2. The van der Waals surface area contributed by atoms with Crippen molar-refractivity contribution >= 4 is 26.8 Å². The molecule has 0 aliphatic heterocycles. The summed E-state index contributed by atoms with van der Waals surface area (Å²) in [6.07, 6.45) is 3.06. The van der Waals surface area contributed by atoms with Gasteiger partial charge in [0, 0.05) is 17.3 Å². The summed E-state index contributed by atoms with van der Waals surface area (Å²) >= 11 is 3.22. The number of para-hydroxylation sites is 1. The molecule has 0 radical (unpaired) electrons. The summed E-state index contributed by atoms with van der Waals surface area (Å²) in [4.78, 5) is 20.6. The Kier molecular flexibility index (Phi) is 3.36. The molecule has 0 bridgehead atoms. The van der Waals surface area contributed by atoms with Crippen LogP contribution in [-0.4, -0.2) is 14.5 Å².